The van der Waals surface area contributed by atoms with Crippen LogP contribution >= 0.6 is 11.6 Å². The Labute approximate surface area is 165 Å². The molecule has 0 unspecified atom stereocenters. The van der Waals surface area contributed by atoms with Crippen LogP contribution in [0.25, 0.3) is 0 Å². The van der Waals surface area contributed by atoms with Crippen molar-refractivity contribution in [1.29, 1.82) is 0 Å². The van der Waals surface area contributed by atoms with E-state index in [1.165, 1.54) is 0 Å². The number of ether oxygens (including phenoxy) is 4. The average Bonchev–Trinajstić information content (AvgIpc) is 2.66. The molecule has 7 heteroatoms. The standard InChI is InChI=1S/C20H25ClN2O4/c1-13(2)27-20-16(21)8-15(10-19(20)26-5)12-23-22-11-14-6-7-17(24-3)18(9-14)25-4/h6-10,12-13,22H,11H2,1-5H3/b23-12+. The van der Waals surface area contributed by atoms with Gasteiger partial charge in [-0.3, -0.25) is 0 Å². The van der Waals surface area contributed by atoms with E-state index in [4.69, 9.17) is 30.5 Å². The number of nitrogens with one attached hydrogen (secondary N) is 1. The molecule has 27 heavy (non-hydrogen) atoms. The third kappa shape index (κ3) is 5.69. The second-order valence-electron chi connectivity index (χ2n) is 5.98. The van der Waals surface area contributed by atoms with E-state index in [9.17, 15) is 0 Å². The molecule has 2 aromatic carbocycles. The molecule has 2 rings (SSSR count). The number of nitrogens with zero attached hydrogens (tertiary/aromatic N) is 1. The van der Waals surface area contributed by atoms with Crippen molar-refractivity contribution < 1.29 is 18.9 Å². The molecule has 6 nitrogen and oxygen atoms in total. The highest BCUT2D eigenvalue weighted by molar-refractivity contribution is 6.32. The number of benzene rings is 2. The van der Waals surface area contributed by atoms with Gasteiger partial charge in [0.15, 0.2) is 23.0 Å². The molecule has 0 bridgehead atoms. The largest absolute Gasteiger partial charge is 0.493 e. The van der Waals surface area contributed by atoms with E-state index in [0.29, 0.717) is 34.6 Å². The van der Waals surface area contributed by atoms with Gasteiger partial charge in [-0.1, -0.05) is 17.7 Å². The minimum atomic E-state index is -0.000859. The van der Waals surface area contributed by atoms with E-state index in [0.717, 1.165) is 11.1 Å². The Hall–Kier alpha value is -2.60. The lowest BCUT2D eigenvalue weighted by Crippen LogP contribution is -2.08. The summed E-state index contributed by atoms with van der Waals surface area (Å²) in [6.07, 6.45) is 1.67. The highest BCUT2D eigenvalue weighted by atomic mass is 35.5. The Balaban J connectivity index is 2.05. The summed E-state index contributed by atoms with van der Waals surface area (Å²) in [5.74, 6) is 2.47. The summed E-state index contributed by atoms with van der Waals surface area (Å²) >= 11 is 6.32. The van der Waals surface area contributed by atoms with Gasteiger partial charge in [0.1, 0.15) is 0 Å². The fraction of sp³-hybridized carbons (Fsp3) is 0.350. The lowest BCUT2D eigenvalue weighted by atomic mass is 10.2. The molecule has 0 aliphatic heterocycles. The zero-order valence-electron chi connectivity index (χ0n) is 16.2. The second-order valence-corrected chi connectivity index (χ2v) is 6.39. The molecule has 0 aromatic heterocycles. The first-order valence-electron chi connectivity index (χ1n) is 8.49. The second kappa shape index (κ2) is 9.92. The average molecular weight is 393 g/mol. The van der Waals surface area contributed by atoms with Crippen LogP contribution in [0.3, 0.4) is 0 Å². The summed E-state index contributed by atoms with van der Waals surface area (Å²) in [7, 11) is 4.79. The van der Waals surface area contributed by atoms with Crippen LogP contribution in [0.5, 0.6) is 23.0 Å². The van der Waals surface area contributed by atoms with Crippen molar-refractivity contribution in [2.75, 3.05) is 21.3 Å². The molecular weight excluding hydrogens is 368 g/mol. The summed E-state index contributed by atoms with van der Waals surface area (Å²) < 4.78 is 21.6. The van der Waals surface area contributed by atoms with Crippen LogP contribution in [-0.4, -0.2) is 33.6 Å². The molecule has 146 valence electrons. The summed E-state index contributed by atoms with van der Waals surface area (Å²) in [6, 6.07) is 9.31. The predicted molar refractivity (Wildman–Crippen MR) is 108 cm³/mol. The zero-order chi connectivity index (χ0) is 19.8. The highest BCUT2D eigenvalue weighted by Gasteiger charge is 2.12. The van der Waals surface area contributed by atoms with Gasteiger partial charge >= 0.3 is 0 Å². The topological polar surface area (TPSA) is 61.3 Å². The molecule has 0 aliphatic rings. The number of hydrazone groups is 1. The van der Waals surface area contributed by atoms with E-state index in [1.54, 1.807) is 33.6 Å². The number of halogens is 1. The molecule has 0 amide bonds. The molecule has 0 atom stereocenters. The van der Waals surface area contributed by atoms with Crippen LogP contribution < -0.4 is 24.4 Å². The fourth-order valence-electron chi connectivity index (χ4n) is 2.41. The van der Waals surface area contributed by atoms with Gasteiger partial charge in [0.05, 0.1) is 45.2 Å². The van der Waals surface area contributed by atoms with Crippen molar-refractivity contribution in [3.8, 4) is 23.0 Å². The molecule has 1 N–H and O–H groups in total. The predicted octanol–water partition coefficient (Wildman–Crippen LogP) is 4.28. The maximum absolute atomic E-state index is 6.32. The number of methoxy groups -OCH3 is 3. The first kappa shape index (κ1) is 20.7. The Bertz CT molecular complexity index is 794. The van der Waals surface area contributed by atoms with Crippen LogP contribution in [0.4, 0.5) is 0 Å². The van der Waals surface area contributed by atoms with Crippen molar-refractivity contribution in [2.45, 2.75) is 26.5 Å². The number of rotatable bonds is 9. The van der Waals surface area contributed by atoms with Crippen LogP contribution in [0.1, 0.15) is 25.0 Å². The van der Waals surface area contributed by atoms with Gasteiger partial charge in [-0.2, -0.15) is 5.10 Å². The molecule has 0 spiro atoms. The first-order valence-corrected chi connectivity index (χ1v) is 8.87. The molecule has 0 aliphatic carbocycles. The summed E-state index contributed by atoms with van der Waals surface area (Å²) in [5.41, 5.74) is 4.81. The Morgan fingerprint density at radius 2 is 1.70 bits per heavy atom. The van der Waals surface area contributed by atoms with Crippen molar-refractivity contribution in [1.82, 2.24) is 5.43 Å². The SMILES string of the molecule is COc1ccc(CN/N=C/c2cc(Cl)c(OC(C)C)c(OC)c2)cc1OC. The summed E-state index contributed by atoms with van der Waals surface area (Å²) in [5, 5.41) is 4.72. The number of hydrogen-bond donors (Lipinski definition) is 1. The maximum atomic E-state index is 6.32. The van der Waals surface area contributed by atoms with Gasteiger partial charge in [0, 0.05) is 0 Å². The maximum Gasteiger partial charge on any atom is 0.180 e. The van der Waals surface area contributed by atoms with Crippen molar-refractivity contribution in [3.05, 3.63) is 46.5 Å². The Morgan fingerprint density at radius 3 is 2.33 bits per heavy atom. The number of hydrogen-bond acceptors (Lipinski definition) is 6. The molecule has 0 radical (unpaired) electrons. The minimum Gasteiger partial charge on any atom is -0.493 e. The van der Waals surface area contributed by atoms with E-state index in [2.05, 4.69) is 10.5 Å². The van der Waals surface area contributed by atoms with Gasteiger partial charge in [0.2, 0.25) is 0 Å². The molecule has 0 heterocycles. The zero-order valence-corrected chi connectivity index (χ0v) is 17.0. The monoisotopic (exact) mass is 392 g/mol. The van der Waals surface area contributed by atoms with Crippen molar-refractivity contribution in [3.63, 3.8) is 0 Å². The molecular formula is C20H25ClN2O4. The third-order valence-corrected chi connectivity index (χ3v) is 3.92. The van der Waals surface area contributed by atoms with E-state index < -0.39 is 0 Å². The van der Waals surface area contributed by atoms with Gasteiger partial charge in [-0.05, 0) is 49.2 Å². The van der Waals surface area contributed by atoms with Gasteiger partial charge in [0.25, 0.3) is 0 Å². The van der Waals surface area contributed by atoms with E-state index in [-0.39, 0.29) is 6.10 Å². The smallest absolute Gasteiger partial charge is 0.180 e. The van der Waals surface area contributed by atoms with Crippen LogP contribution in [0, 0.1) is 0 Å². The molecule has 0 saturated heterocycles. The first-order chi connectivity index (χ1) is 13.0. The van der Waals surface area contributed by atoms with Crippen molar-refractivity contribution in [2.24, 2.45) is 5.10 Å². The van der Waals surface area contributed by atoms with Crippen molar-refractivity contribution >= 4 is 17.8 Å². The lowest BCUT2D eigenvalue weighted by Gasteiger charge is -2.15. The summed E-state index contributed by atoms with van der Waals surface area (Å²) in [4.78, 5) is 0. The molecule has 0 saturated carbocycles. The Morgan fingerprint density at radius 1 is 1.00 bits per heavy atom. The van der Waals surface area contributed by atoms with Gasteiger partial charge in [-0.15, -0.1) is 0 Å². The van der Waals surface area contributed by atoms with Gasteiger partial charge in [-0.25, -0.2) is 0 Å². The summed E-state index contributed by atoms with van der Waals surface area (Å²) in [6.45, 7) is 4.41. The third-order valence-electron chi connectivity index (χ3n) is 3.64. The Kier molecular flexibility index (Phi) is 7.61. The quantitative estimate of drug-likeness (QED) is 0.510. The fourth-order valence-corrected chi connectivity index (χ4v) is 2.68. The van der Waals surface area contributed by atoms with E-state index in [1.807, 2.05) is 38.1 Å². The van der Waals surface area contributed by atoms with E-state index >= 15 is 0 Å². The highest BCUT2D eigenvalue weighted by Crippen LogP contribution is 2.36. The lowest BCUT2D eigenvalue weighted by molar-refractivity contribution is 0.230. The minimum absolute atomic E-state index is 0.000859. The molecule has 2 aromatic rings. The normalized spacial score (nSPS) is 10.9. The van der Waals surface area contributed by atoms with Crippen LogP contribution in [0.2, 0.25) is 5.02 Å². The van der Waals surface area contributed by atoms with Crippen LogP contribution in [-0.2, 0) is 6.54 Å². The van der Waals surface area contributed by atoms with Crippen LogP contribution in [0.15, 0.2) is 35.4 Å². The van der Waals surface area contributed by atoms with Gasteiger partial charge < -0.3 is 24.4 Å². The molecule has 0 fully saturated rings.